The van der Waals surface area contributed by atoms with Crippen molar-refractivity contribution >= 4 is 28.9 Å². The van der Waals surface area contributed by atoms with E-state index in [1.807, 2.05) is 56.3 Å². The fraction of sp³-hybridized carbons (Fsp3) is 0.167. The molecule has 2 N–H and O–H groups in total. The molecule has 5 nitrogen and oxygen atoms in total. The van der Waals surface area contributed by atoms with Crippen molar-refractivity contribution in [3.05, 3.63) is 89.0 Å². The van der Waals surface area contributed by atoms with Gasteiger partial charge in [-0.1, -0.05) is 24.3 Å². The highest BCUT2D eigenvalue weighted by Gasteiger charge is 2.23. The molecule has 0 aliphatic carbocycles. The van der Waals surface area contributed by atoms with Gasteiger partial charge in [0.2, 0.25) is 0 Å². The molecule has 29 heavy (non-hydrogen) atoms. The molecular formula is C24H23N3O2. The van der Waals surface area contributed by atoms with Gasteiger partial charge in [-0.25, -0.2) is 0 Å². The van der Waals surface area contributed by atoms with Gasteiger partial charge in [0, 0.05) is 29.9 Å². The monoisotopic (exact) mass is 385 g/mol. The second kappa shape index (κ2) is 7.80. The average molecular weight is 385 g/mol. The summed E-state index contributed by atoms with van der Waals surface area (Å²) in [5.74, 6) is -0.201. The van der Waals surface area contributed by atoms with Crippen LogP contribution in [0.5, 0.6) is 0 Å². The Kier molecular flexibility index (Phi) is 5.04. The number of para-hydroxylation sites is 2. The molecule has 1 aliphatic heterocycles. The summed E-state index contributed by atoms with van der Waals surface area (Å²) in [5, 5.41) is 6.23. The molecule has 0 radical (unpaired) electrons. The van der Waals surface area contributed by atoms with E-state index >= 15 is 0 Å². The molecular weight excluding hydrogens is 362 g/mol. The molecule has 0 unspecified atom stereocenters. The predicted molar refractivity (Wildman–Crippen MR) is 117 cm³/mol. The molecule has 0 fully saturated rings. The van der Waals surface area contributed by atoms with E-state index in [0.29, 0.717) is 29.9 Å². The molecule has 0 aromatic heterocycles. The number of rotatable bonds is 3. The second-order valence-electron chi connectivity index (χ2n) is 7.18. The molecule has 1 heterocycles. The van der Waals surface area contributed by atoms with Gasteiger partial charge in [0.05, 0.1) is 11.4 Å². The number of aryl methyl sites for hydroxylation is 1. The fourth-order valence-corrected chi connectivity index (χ4v) is 3.54. The lowest BCUT2D eigenvalue weighted by atomic mass is 10.0. The van der Waals surface area contributed by atoms with Gasteiger partial charge in [-0.05, 0) is 67.4 Å². The molecule has 0 bridgehead atoms. The summed E-state index contributed by atoms with van der Waals surface area (Å²) in [6, 6.07) is 20.5. The van der Waals surface area contributed by atoms with E-state index in [0.717, 1.165) is 22.5 Å². The smallest absolute Gasteiger partial charge is 0.258 e. The zero-order valence-corrected chi connectivity index (χ0v) is 16.5. The summed E-state index contributed by atoms with van der Waals surface area (Å²) in [6.45, 7) is 5.26. The number of benzene rings is 3. The number of anilines is 3. The lowest BCUT2D eigenvalue weighted by Gasteiger charge is -2.30. The van der Waals surface area contributed by atoms with Gasteiger partial charge < -0.3 is 15.5 Å². The molecule has 0 saturated carbocycles. The first kappa shape index (κ1) is 18.7. The van der Waals surface area contributed by atoms with Crippen LogP contribution in [-0.4, -0.2) is 24.9 Å². The number of carbonyl (C=O) groups excluding carboxylic acids is 2. The molecule has 0 atom stereocenters. The third-order valence-electron chi connectivity index (χ3n) is 5.33. The lowest BCUT2D eigenvalue weighted by Crippen LogP contribution is -2.38. The van der Waals surface area contributed by atoms with E-state index in [1.54, 1.807) is 29.2 Å². The SMILES string of the molecule is Cc1cccc(C(=O)Nc2ccc(C(=O)N3CCNc4ccccc43)cc2)c1C. The highest BCUT2D eigenvalue weighted by atomic mass is 16.2. The summed E-state index contributed by atoms with van der Waals surface area (Å²) < 4.78 is 0. The third kappa shape index (κ3) is 3.72. The Hall–Kier alpha value is -3.60. The largest absolute Gasteiger partial charge is 0.382 e. The fourth-order valence-electron chi connectivity index (χ4n) is 3.54. The Morgan fingerprint density at radius 3 is 2.48 bits per heavy atom. The molecule has 146 valence electrons. The second-order valence-corrected chi connectivity index (χ2v) is 7.18. The van der Waals surface area contributed by atoms with Crippen molar-refractivity contribution in [3.8, 4) is 0 Å². The summed E-state index contributed by atoms with van der Waals surface area (Å²) in [6.07, 6.45) is 0. The van der Waals surface area contributed by atoms with Gasteiger partial charge in [-0.15, -0.1) is 0 Å². The third-order valence-corrected chi connectivity index (χ3v) is 5.33. The number of carbonyl (C=O) groups is 2. The molecule has 5 heteroatoms. The summed E-state index contributed by atoms with van der Waals surface area (Å²) >= 11 is 0. The number of nitrogens with zero attached hydrogens (tertiary/aromatic N) is 1. The molecule has 3 aromatic carbocycles. The Morgan fingerprint density at radius 2 is 1.69 bits per heavy atom. The van der Waals surface area contributed by atoms with Crippen molar-refractivity contribution in [1.29, 1.82) is 0 Å². The molecule has 2 amide bonds. The predicted octanol–water partition coefficient (Wildman–Crippen LogP) is 4.63. The molecule has 0 spiro atoms. The first-order chi connectivity index (χ1) is 14.0. The number of nitrogens with one attached hydrogen (secondary N) is 2. The Morgan fingerprint density at radius 1 is 0.931 bits per heavy atom. The van der Waals surface area contributed by atoms with Crippen molar-refractivity contribution in [2.75, 3.05) is 28.6 Å². The van der Waals surface area contributed by atoms with Gasteiger partial charge in [0.25, 0.3) is 11.8 Å². The van der Waals surface area contributed by atoms with Gasteiger partial charge in [-0.3, -0.25) is 9.59 Å². The number of hydrogen-bond acceptors (Lipinski definition) is 3. The average Bonchev–Trinajstić information content (AvgIpc) is 2.75. The molecule has 1 aliphatic rings. The van der Waals surface area contributed by atoms with E-state index in [-0.39, 0.29) is 11.8 Å². The van der Waals surface area contributed by atoms with Crippen molar-refractivity contribution in [1.82, 2.24) is 0 Å². The van der Waals surface area contributed by atoms with Gasteiger partial charge in [0.15, 0.2) is 0 Å². The molecule has 0 saturated heterocycles. The maximum absolute atomic E-state index is 13.0. The molecule has 4 rings (SSSR count). The minimum atomic E-state index is -0.152. The van der Waals surface area contributed by atoms with E-state index in [1.165, 1.54) is 0 Å². The van der Waals surface area contributed by atoms with Crippen molar-refractivity contribution < 1.29 is 9.59 Å². The van der Waals surface area contributed by atoms with Crippen molar-refractivity contribution in [2.45, 2.75) is 13.8 Å². The minimum Gasteiger partial charge on any atom is -0.382 e. The standard InChI is InChI=1S/C24H23N3O2/c1-16-6-5-7-20(17(16)2)23(28)26-19-12-10-18(11-13-19)24(29)27-15-14-25-21-8-3-4-9-22(21)27/h3-13,25H,14-15H2,1-2H3,(H,26,28). The van der Waals surface area contributed by atoms with Gasteiger partial charge in [-0.2, -0.15) is 0 Å². The van der Waals surface area contributed by atoms with Crippen LogP contribution in [0.15, 0.2) is 66.7 Å². The van der Waals surface area contributed by atoms with Crippen LogP contribution in [0, 0.1) is 13.8 Å². The van der Waals surface area contributed by atoms with Gasteiger partial charge >= 0.3 is 0 Å². The molecule has 3 aromatic rings. The van der Waals surface area contributed by atoms with E-state index in [9.17, 15) is 9.59 Å². The number of fused-ring (bicyclic) bond motifs is 1. The highest BCUT2D eigenvalue weighted by Crippen LogP contribution is 2.29. The Labute approximate surface area is 170 Å². The van der Waals surface area contributed by atoms with Crippen LogP contribution < -0.4 is 15.5 Å². The summed E-state index contributed by atoms with van der Waals surface area (Å²) in [7, 11) is 0. The van der Waals surface area contributed by atoms with Crippen LogP contribution in [0.1, 0.15) is 31.8 Å². The van der Waals surface area contributed by atoms with Crippen LogP contribution in [-0.2, 0) is 0 Å². The summed E-state index contributed by atoms with van der Waals surface area (Å²) in [4.78, 5) is 27.4. The topological polar surface area (TPSA) is 61.4 Å². The highest BCUT2D eigenvalue weighted by molar-refractivity contribution is 6.09. The Bertz CT molecular complexity index is 1070. The van der Waals surface area contributed by atoms with Gasteiger partial charge in [0.1, 0.15) is 0 Å². The van der Waals surface area contributed by atoms with E-state index in [4.69, 9.17) is 0 Å². The van der Waals surface area contributed by atoms with Crippen LogP contribution in [0.25, 0.3) is 0 Å². The lowest BCUT2D eigenvalue weighted by molar-refractivity contribution is 0.0986. The van der Waals surface area contributed by atoms with Crippen LogP contribution in [0.2, 0.25) is 0 Å². The zero-order valence-electron chi connectivity index (χ0n) is 16.5. The van der Waals surface area contributed by atoms with Crippen molar-refractivity contribution in [2.24, 2.45) is 0 Å². The number of amides is 2. The van der Waals surface area contributed by atoms with Crippen LogP contribution in [0.4, 0.5) is 17.1 Å². The zero-order chi connectivity index (χ0) is 20.4. The minimum absolute atomic E-state index is 0.0497. The van der Waals surface area contributed by atoms with Crippen molar-refractivity contribution in [3.63, 3.8) is 0 Å². The van der Waals surface area contributed by atoms with E-state index in [2.05, 4.69) is 10.6 Å². The Balaban J connectivity index is 1.51. The van der Waals surface area contributed by atoms with Crippen LogP contribution >= 0.6 is 0 Å². The maximum Gasteiger partial charge on any atom is 0.258 e. The first-order valence-corrected chi connectivity index (χ1v) is 9.67. The first-order valence-electron chi connectivity index (χ1n) is 9.67. The summed E-state index contributed by atoms with van der Waals surface area (Å²) in [5.41, 5.74) is 5.80. The quantitative estimate of drug-likeness (QED) is 0.691. The van der Waals surface area contributed by atoms with Crippen LogP contribution in [0.3, 0.4) is 0 Å². The van der Waals surface area contributed by atoms with E-state index < -0.39 is 0 Å². The number of hydrogen-bond donors (Lipinski definition) is 2. The maximum atomic E-state index is 13.0. The normalized spacial score (nSPS) is 12.7.